The van der Waals surface area contributed by atoms with Gasteiger partial charge in [-0.2, -0.15) is 15.3 Å². The van der Waals surface area contributed by atoms with E-state index in [1.165, 1.54) is 10.9 Å². The Bertz CT molecular complexity index is 912. The van der Waals surface area contributed by atoms with Crippen LogP contribution in [-0.2, 0) is 11.3 Å². The van der Waals surface area contributed by atoms with Gasteiger partial charge in [0.2, 0.25) is 5.91 Å². The van der Waals surface area contributed by atoms with Gasteiger partial charge in [-0.05, 0) is 19.4 Å². The molecule has 0 atom stereocenters. The minimum absolute atomic E-state index is 0.168. The van der Waals surface area contributed by atoms with Crippen LogP contribution < -0.4 is 5.32 Å². The maximum Gasteiger partial charge on any atom is 0.307 e. The maximum atomic E-state index is 12.1. The molecule has 11 heteroatoms. The van der Waals surface area contributed by atoms with Crippen LogP contribution in [0.1, 0.15) is 11.3 Å². The molecule has 0 aliphatic carbocycles. The molecule has 0 saturated carbocycles. The van der Waals surface area contributed by atoms with E-state index in [0.717, 1.165) is 17.5 Å². The molecule has 0 saturated heterocycles. The van der Waals surface area contributed by atoms with E-state index < -0.39 is 10.8 Å². The highest BCUT2D eigenvalue weighted by Gasteiger charge is 2.16. The molecular formula is C12H12N8O3. The first-order chi connectivity index (χ1) is 11.0. The highest BCUT2D eigenvalue weighted by molar-refractivity contribution is 5.99. The van der Waals surface area contributed by atoms with Gasteiger partial charge in [0.05, 0.1) is 16.0 Å². The number of aromatic nitrogens is 6. The molecule has 2 N–H and O–H groups in total. The van der Waals surface area contributed by atoms with Gasteiger partial charge in [0.25, 0.3) is 0 Å². The van der Waals surface area contributed by atoms with Crippen LogP contribution in [0.4, 0.5) is 11.5 Å². The summed E-state index contributed by atoms with van der Waals surface area (Å²) in [6.45, 7) is 3.50. The molecule has 0 bridgehead atoms. The van der Waals surface area contributed by atoms with Gasteiger partial charge in [-0.15, -0.1) is 5.10 Å². The SMILES string of the molecule is Cc1nnc2[nH]nc(NC(=O)Cn3cc([N+](=O)[O-])cn3)c2c1C. The lowest BCUT2D eigenvalue weighted by atomic mass is 10.2. The Balaban J connectivity index is 1.80. The van der Waals surface area contributed by atoms with Crippen molar-refractivity contribution < 1.29 is 9.72 Å². The van der Waals surface area contributed by atoms with Crippen molar-refractivity contribution >= 4 is 28.4 Å². The number of hydrogen-bond donors (Lipinski definition) is 2. The van der Waals surface area contributed by atoms with Gasteiger partial charge in [-0.1, -0.05) is 0 Å². The number of nitro groups is 1. The summed E-state index contributed by atoms with van der Waals surface area (Å²) >= 11 is 0. The van der Waals surface area contributed by atoms with Gasteiger partial charge < -0.3 is 5.32 Å². The van der Waals surface area contributed by atoms with Crippen LogP contribution in [0.15, 0.2) is 12.4 Å². The predicted molar refractivity (Wildman–Crippen MR) is 78.7 cm³/mol. The average Bonchev–Trinajstić information content (AvgIpc) is 3.10. The molecule has 0 radical (unpaired) electrons. The molecule has 118 valence electrons. The molecule has 3 heterocycles. The Hall–Kier alpha value is -3.37. The second-order valence-corrected chi connectivity index (χ2v) is 4.91. The number of anilines is 1. The number of H-pyrrole nitrogens is 1. The van der Waals surface area contributed by atoms with E-state index >= 15 is 0 Å². The summed E-state index contributed by atoms with van der Waals surface area (Å²) in [5, 5.41) is 32.3. The Kier molecular flexibility index (Phi) is 3.44. The van der Waals surface area contributed by atoms with Crippen molar-refractivity contribution in [3.05, 3.63) is 33.8 Å². The Morgan fingerprint density at radius 1 is 1.43 bits per heavy atom. The van der Waals surface area contributed by atoms with Crippen molar-refractivity contribution in [1.29, 1.82) is 0 Å². The van der Waals surface area contributed by atoms with Crippen LogP contribution in [0.3, 0.4) is 0 Å². The van der Waals surface area contributed by atoms with Crippen molar-refractivity contribution in [3.8, 4) is 0 Å². The fraction of sp³-hybridized carbons (Fsp3) is 0.250. The third kappa shape index (κ3) is 2.71. The quantitative estimate of drug-likeness (QED) is 0.532. The zero-order valence-corrected chi connectivity index (χ0v) is 12.3. The molecule has 0 aromatic carbocycles. The van der Waals surface area contributed by atoms with Gasteiger partial charge in [0.15, 0.2) is 11.5 Å². The minimum Gasteiger partial charge on any atom is -0.307 e. The standard InChI is InChI=1S/C12H12N8O3/c1-6-7(2)15-17-12-10(6)11(16-18-12)14-9(21)5-19-4-8(3-13-19)20(22)23/h3-4H,5H2,1-2H3,(H2,14,16,17,18,21). The van der Waals surface area contributed by atoms with E-state index in [0.29, 0.717) is 16.9 Å². The lowest BCUT2D eigenvalue weighted by molar-refractivity contribution is -0.385. The summed E-state index contributed by atoms with van der Waals surface area (Å²) in [7, 11) is 0. The molecule has 11 nitrogen and oxygen atoms in total. The number of carbonyl (C=O) groups is 1. The molecule has 0 spiro atoms. The fourth-order valence-electron chi connectivity index (χ4n) is 2.08. The van der Waals surface area contributed by atoms with Crippen molar-refractivity contribution in [2.24, 2.45) is 0 Å². The largest absolute Gasteiger partial charge is 0.307 e. The first kappa shape index (κ1) is 14.6. The molecule has 0 aliphatic heterocycles. The van der Waals surface area contributed by atoms with Crippen LogP contribution in [0.5, 0.6) is 0 Å². The van der Waals surface area contributed by atoms with Crippen LogP contribution in [-0.4, -0.2) is 41.0 Å². The summed E-state index contributed by atoms with van der Waals surface area (Å²) in [5.41, 5.74) is 1.88. The van der Waals surface area contributed by atoms with E-state index in [2.05, 4.69) is 30.8 Å². The number of nitrogens with zero attached hydrogens (tertiary/aromatic N) is 6. The third-order valence-corrected chi connectivity index (χ3v) is 3.36. The van der Waals surface area contributed by atoms with Crippen molar-refractivity contribution in [1.82, 2.24) is 30.2 Å². The molecule has 1 amide bonds. The summed E-state index contributed by atoms with van der Waals surface area (Å²) < 4.78 is 1.18. The van der Waals surface area contributed by atoms with Crippen molar-refractivity contribution in [2.75, 3.05) is 5.32 Å². The summed E-state index contributed by atoms with van der Waals surface area (Å²) in [4.78, 5) is 22.1. The molecular weight excluding hydrogens is 304 g/mol. The predicted octanol–water partition coefficient (Wildman–Crippen LogP) is 0.713. The van der Waals surface area contributed by atoms with Crippen molar-refractivity contribution in [2.45, 2.75) is 20.4 Å². The third-order valence-electron chi connectivity index (χ3n) is 3.36. The first-order valence-corrected chi connectivity index (χ1v) is 6.60. The fourth-order valence-corrected chi connectivity index (χ4v) is 2.08. The Morgan fingerprint density at radius 2 is 2.22 bits per heavy atom. The Morgan fingerprint density at radius 3 is 2.91 bits per heavy atom. The van der Waals surface area contributed by atoms with Crippen LogP contribution in [0.25, 0.3) is 11.0 Å². The van der Waals surface area contributed by atoms with E-state index in [-0.39, 0.29) is 12.2 Å². The summed E-state index contributed by atoms with van der Waals surface area (Å²) in [6, 6.07) is 0. The normalized spacial score (nSPS) is 10.9. The molecule has 0 unspecified atom stereocenters. The number of amides is 1. The Labute approximate surface area is 128 Å². The number of rotatable bonds is 4. The lowest BCUT2D eigenvalue weighted by Gasteiger charge is -2.04. The van der Waals surface area contributed by atoms with Crippen LogP contribution >= 0.6 is 0 Å². The van der Waals surface area contributed by atoms with Gasteiger partial charge >= 0.3 is 5.69 Å². The number of nitrogens with one attached hydrogen (secondary N) is 2. The van der Waals surface area contributed by atoms with Crippen molar-refractivity contribution in [3.63, 3.8) is 0 Å². The number of hydrogen-bond acceptors (Lipinski definition) is 7. The number of carbonyl (C=O) groups excluding carboxylic acids is 1. The van der Waals surface area contributed by atoms with Crippen LogP contribution in [0, 0.1) is 24.0 Å². The minimum atomic E-state index is -0.576. The van der Waals surface area contributed by atoms with E-state index in [9.17, 15) is 14.9 Å². The molecule has 0 fully saturated rings. The van der Waals surface area contributed by atoms with E-state index in [1.807, 2.05) is 13.8 Å². The number of aromatic amines is 1. The van der Waals surface area contributed by atoms with Gasteiger partial charge in [0, 0.05) is 0 Å². The maximum absolute atomic E-state index is 12.1. The zero-order chi connectivity index (χ0) is 16.6. The highest BCUT2D eigenvalue weighted by Crippen LogP contribution is 2.23. The topological polar surface area (TPSA) is 145 Å². The van der Waals surface area contributed by atoms with E-state index in [1.54, 1.807) is 0 Å². The highest BCUT2D eigenvalue weighted by atomic mass is 16.6. The molecule has 23 heavy (non-hydrogen) atoms. The van der Waals surface area contributed by atoms with Gasteiger partial charge in [-0.3, -0.25) is 24.7 Å². The first-order valence-electron chi connectivity index (χ1n) is 6.60. The monoisotopic (exact) mass is 316 g/mol. The molecule has 0 aliphatic rings. The van der Waals surface area contributed by atoms with Crippen LogP contribution in [0.2, 0.25) is 0 Å². The van der Waals surface area contributed by atoms with Gasteiger partial charge in [0.1, 0.15) is 18.9 Å². The molecule has 3 rings (SSSR count). The summed E-state index contributed by atoms with van der Waals surface area (Å²) in [5.74, 6) is -0.0765. The smallest absolute Gasteiger partial charge is 0.307 e. The second kappa shape index (κ2) is 5.44. The second-order valence-electron chi connectivity index (χ2n) is 4.91. The van der Waals surface area contributed by atoms with E-state index in [4.69, 9.17) is 0 Å². The van der Waals surface area contributed by atoms with Gasteiger partial charge in [-0.25, -0.2) is 0 Å². The lowest BCUT2D eigenvalue weighted by Crippen LogP contribution is -2.19. The number of fused-ring (bicyclic) bond motifs is 1. The summed E-state index contributed by atoms with van der Waals surface area (Å²) in [6.07, 6.45) is 2.27. The average molecular weight is 316 g/mol. The zero-order valence-electron chi connectivity index (χ0n) is 12.3. The molecule has 3 aromatic rings. The number of aryl methyl sites for hydroxylation is 2. The molecule has 3 aromatic heterocycles.